The van der Waals surface area contributed by atoms with Gasteiger partial charge in [0.2, 0.25) is 0 Å². The molecule has 2 aliphatic rings. The van der Waals surface area contributed by atoms with E-state index in [0.29, 0.717) is 0 Å². The minimum Gasteiger partial charge on any atom is -0.324 e. The van der Waals surface area contributed by atoms with Crippen LogP contribution in [0.4, 0.5) is 0 Å². The molecule has 2 saturated carbocycles. The Morgan fingerprint density at radius 3 is 2.83 bits per heavy atom. The molecule has 0 aromatic heterocycles. The predicted octanol–water partition coefficient (Wildman–Crippen LogP) is 1.88. The Hall–Kier alpha value is -0.710. The molecule has 0 amide bonds. The second-order valence-electron chi connectivity index (χ2n) is 4.26. The van der Waals surface area contributed by atoms with Gasteiger partial charge in [0.1, 0.15) is 0 Å². The molecule has 2 aliphatic carbocycles. The first-order chi connectivity index (χ1) is 5.90. The maximum absolute atomic E-state index is 8.31. The van der Waals surface area contributed by atoms with E-state index in [-0.39, 0.29) is 0 Å². The normalized spacial score (nSPS) is 38.1. The van der Waals surface area contributed by atoms with Crippen LogP contribution in [0.5, 0.6) is 0 Å². The van der Waals surface area contributed by atoms with Crippen molar-refractivity contribution in [1.82, 2.24) is 5.32 Å². The minimum absolute atomic E-state index is 0.893. The Bertz CT molecular complexity index is 195. The van der Waals surface area contributed by atoms with Crippen molar-refractivity contribution in [3.8, 4) is 6.19 Å². The van der Waals surface area contributed by atoms with Crippen LogP contribution in [0.1, 0.15) is 32.1 Å². The maximum Gasteiger partial charge on any atom is 0.176 e. The zero-order chi connectivity index (χ0) is 8.39. The van der Waals surface area contributed by atoms with Crippen molar-refractivity contribution in [2.75, 3.05) is 6.54 Å². The lowest BCUT2D eigenvalue weighted by Crippen LogP contribution is -2.17. The standard InChI is InChI=1S/C10H16N2/c11-7-12-4-3-10-6-8-1-2-9(10)5-8/h8-10,12H,1-6H2. The molecule has 2 rings (SSSR count). The van der Waals surface area contributed by atoms with Gasteiger partial charge in [0.05, 0.1) is 0 Å². The lowest BCUT2D eigenvalue weighted by molar-refractivity contribution is 0.314. The molecule has 1 N–H and O–H groups in total. The highest BCUT2D eigenvalue weighted by Gasteiger charge is 2.38. The third-order valence-corrected chi connectivity index (χ3v) is 3.60. The zero-order valence-corrected chi connectivity index (χ0v) is 7.42. The molecule has 12 heavy (non-hydrogen) atoms. The summed E-state index contributed by atoms with van der Waals surface area (Å²) in [6.07, 6.45) is 9.07. The van der Waals surface area contributed by atoms with Gasteiger partial charge in [-0.25, -0.2) is 0 Å². The minimum atomic E-state index is 0.893. The van der Waals surface area contributed by atoms with E-state index in [1.165, 1.54) is 32.1 Å². The average molecular weight is 164 g/mol. The van der Waals surface area contributed by atoms with Gasteiger partial charge in [0, 0.05) is 6.54 Å². The second kappa shape index (κ2) is 3.35. The summed E-state index contributed by atoms with van der Waals surface area (Å²) in [6.45, 7) is 0.893. The third kappa shape index (κ3) is 1.41. The van der Waals surface area contributed by atoms with Gasteiger partial charge in [-0.2, -0.15) is 5.26 Å². The van der Waals surface area contributed by atoms with E-state index in [1.54, 1.807) is 0 Å². The highest BCUT2D eigenvalue weighted by molar-refractivity contribution is 4.90. The summed E-state index contributed by atoms with van der Waals surface area (Å²) in [5, 5.41) is 11.1. The molecule has 66 valence electrons. The predicted molar refractivity (Wildman–Crippen MR) is 47.2 cm³/mol. The number of nitrogens with one attached hydrogen (secondary N) is 1. The lowest BCUT2D eigenvalue weighted by atomic mass is 9.86. The summed E-state index contributed by atoms with van der Waals surface area (Å²) >= 11 is 0. The van der Waals surface area contributed by atoms with Crippen LogP contribution >= 0.6 is 0 Å². The van der Waals surface area contributed by atoms with E-state index in [1.807, 2.05) is 6.19 Å². The molecule has 0 aliphatic heterocycles. The van der Waals surface area contributed by atoms with Crippen LogP contribution in [-0.2, 0) is 0 Å². The summed E-state index contributed by atoms with van der Waals surface area (Å²) in [4.78, 5) is 0. The molecule has 2 fully saturated rings. The Balaban J connectivity index is 1.73. The quantitative estimate of drug-likeness (QED) is 0.393. The zero-order valence-electron chi connectivity index (χ0n) is 7.42. The molecule has 2 heteroatoms. The molecule has 0 aromatic carbocycles. The van der Waals surface area contributed by atoms with Crippen molar-refractivity contribution in [2.45, 2.75) is 32.1 Å². The van der Waals surface area contributed by atoms with Crippen molar-refractivity contribution in [1.29, 1.82) is 5.26 Å². The molecular weight excluding hydrogens is 148 g/mol. The largest absolute Gasteiger partial charge is 0.324 e. The Morgan fingerprint density at radius 2 is 2.25 bits per heavy atom. The fourth-order valence-corrected chi connectivity index (χ4v) is 3.04. The molecule has 2 nitrogen and oxygen atoms in total. The van der Waals surface area contributed by atoms with Gasteiger partial charge >= 0.3 is 0 Å². The summed E-state index contributed by atoms with van der Waals surface area (Å²) in [5.74, 6) is 2.99. The maximum atomic E-state index is 8.31. The van der Waals surface area contributed by atoms with Crippen LogP contribution in [0.2, 0.25) is 0 Å². The smallest absolute Gasteiger partial charge is 0.176 e. The van der Waals surface area contributed by atoms with E-state index < -0.39 is 0 Å². The van der Waals surface area contributed by atoms with Gasteiger partial charge in [0.25, 0.3) is 0 Å². The topological polar surface area (TPSA) is 35.8 Å². The van der Waals surface area contributed by atoms with Crippen LogP contribution in [0.3, 0.4) is 0 Å². The Kier molecular flexibility index (Phi) is 2.21. The number of hydrogen-bond donors (Lipinski definition) is 1. The second-order valence-corrected chi connectivity index (χ2v) is 4.26. The van der Waals surface area contributed by atoms with Gasteiger partial charge in [-0.15, -0.1) is 0 Å². The highest BCUT2D eigenvalue weighted by atomic mass is 14.8. The summed E-state index contributed by atoms with van der Waals surface area (Å²) < 4.78 is 0. The van der Waals surface area contributed by atoms with Gasteiger partial charge in [-0.05, 0) is 43.4 Å². The summed E-state index contributed by atoms with van der Waals surface area (Å²) in [5.41, 5.74) is 0. The lowest BCUT2D eigenvalue weighted by Gasteiger charge is -2.20. The molecule has 0 heterocycles. The SMILES string of the molecule is N#CNCCC1CC2CCC1C2. The Morgan fingerprint density at radius 1 is 1.33 bits per heavy atom. The average Bonchev–Trinajstić information content (AvgIpc) is 2.65. The monoisotopic (exact) mass is 164 g/mol. The Labute approximate surface area is 74.0 Å². The molecular formula is C10H16N2. The van der Waals surface area contributed by atoms with Crippen molar-refractivity contribution in [3.05, 3.63) is 0 Å². The third-order valence-electron chi connectivity index (χ3n) is 3.60. The fraction of sp³-hybridized carbons (Fsp3) is 0.900. The first-order valence-electron chi connectivity index (χ1n) is 5.02. The molecule has 3 unspecified atom stereocenters. The number of fused-ring (bicyclic) bond motifs is 2. The number of hydrogen-bond acceptors (Lipinski definition) is 2. The number of nitriles is 1. The highest BCUT2D eigenvalue weighted by Crippen LogP contribution is 2.49. The van der Waals surface area contributed by atoms with Crippen LogP contribution in [0.25, 0.3) is 0 Å². The van der Waals surface area contributed by atoms with Crippen LogP contribution in [0, 0.1) is 29.2 Å². The fourth-order valence-electron chi connectivity index (χ4n) is 3.04. The molecule has 2 bridgehead atoms. The van der Waals surface area contributed by atoms with E-state index in [0.717, 1.165) is 24.3 Å². The van der Waals surface area contributed by atoms with E-state index in [2.05, 4.69) is 5.32 Å². The molecule has 0 saturated heterocycles. The molecule has 0 spiro atoms. The van der Waals surface area contributed by atoms with Gasteiger partial charge in [-0.1, -0.05) is 6.42 Å². The summed E-state index contributed by atoms with van der Waals surface area (Å²) in [7, 11) is 0. The van der Waals surface area contributed by atoms with Gasteiger partial charge in [-0.3, -0.25) is 0 Å². The van der Waals surface area contributed by atoms with Crippen LogP contribution in [0.15, 0.2) is 0 Å². The first kappa shape index (κ1) is 7.91. The molecule has 3 atom stereocenters. The van der Waals surface area contributed by atoms with Crippen molar-refractivity contribution in [2.24, 2.45) is 17.8 Å². The van der Waals surface area contributed by atoms with E-state index in [9.17, 15) is 0 Å². The molecule has 0 radical (unpaired) electrons. The van der Waals surface area contributed by atoms with Crippen molar-refractivity contribution in [3.63, 3.8) is 0 Å². The number of rotatable bonds is 3. The van der Waals surface area contributed by atoms with E-state index in [4.69, 9.17) is 5.26 Å². The van der Waals surface area contributed by atoms with Gasteiger partial charge in [0.15, 0.2) is 6.19 Å². The van der Waals surface area contributed by atoms with E-state index >= 15 is 0 Å². The van der Waals surface area contributed by atoms with Crippen molar-refractivity contribution < 1.29 is 0 Å². The van der Waals surface area contributed by atoms with Crippen molar-refractivity contribution >= 4 is 0 Å². The van der Waals surface area contributed by atoms with Crippen LogP contribution in [-0.4, -0.2) is 6.54 Å². The van der Waals surface area contributed by atoms with Crippen LogP contribution < -0.4 is 5.32 Å². The number of nitrogens with zero attached hydrogens (tertiary/aromatic N) is 1. The molecule has 0 aromatic rings. The summed E-state index contributed by atoms with van der Waals surface area (Å²) in [6, 6.07) is 0. The first-order valence-corrected chi connectivity index (χ1v) is 5.02. The van der Waals surface area contributed by atoms with Gasteiger partial charge < -0.3 is 5.32 Å².